The topological polar surface area (TPSA) is 45.2 Å². The van der Waals surface area contributed by atoms with Crippen molar-refractivity contribution in [2.24, 2.45) is 0 Å². The highest BCUT2D eigenvalue weighted by Gasteiger charge is 2.32. The highest BCUT2D eigenvalue weighted by molar-refractivity contribution is 5.95. The molecule has 0 unspecified atom stereocenters. The van der Waals surface area contributed by atoms with Crippen LogP contribution in [0.4, 0.5) is 0 Å². The summed E-state index contributed by atoms with van der Waals surface area (Å²) in [5, 5.41) is 3.71. The van der Waals surface area contributed by atoms with Crippen LogP contribution in [0.3, 0.4) is 0 Å². The van der Waals surface area contributed by atoms with Crippen molar-refractivity contribution in [3.63, 3.8) is 0 Å². The van der Waals surface area contributed by atoms with E-state index in [0.29, 0.717) is 6.04 Å². The number of pyridine rings is 1. The summed E-state index contributed by atoms with van der Waals surface area (Å²) < 4.78 is 0. The van der Waals surface area contributed by atoms with Gasteiger partial charge in [-0.1, -0.05) is 47.5 Å². The van der Waals surface area contributed by atoms with Crippen LogP contribution in [0.5, 0.6) is 0 Å². The average molecular weight is 414 g/mol. The van der Waals surface area contributed by atoms with Crippen LogP contribution in [0.15, 0.2) is 73.1 Å². The Balaban J connectivity index is 1.50. The first-order valence-corrected chi connectivity index (χ1v) is 11.1. The largest absolute Gasteiger partial charge is 0.335 e. The van der Waals surface area contributed by atoms with Gasteiger partial charge in [-0.2, -0.15) is 0 Å². The summed E-state index contributed by atoms with van der Waals surface area (Å²) in [5.41, 5.74) is 5.59. The molecule has 4 heteroatoms. The second kappa shape index (κ2) is 9.88. The smallest absolute Gasteiger partial charge is 0.254 e. The number of rotatable bonds is 6. The first-order chi connectivity index (χ1) is 15.1. The minimum absolute atomic E-state index is 0.153. The summed E-state index contributed by atoms with van der Waals surface area (Å²) in [5.74, 6) is 0.153. The molecule has 0 saturated carbocycles. The molecule has 0 bridgehead atoms. The summed E-state index contributed by atoms with van der Waals surface area (Å²) in [6, 6.07) is 21.3. The lowest BCUT2D eigenvalue weighted by Gasteiger charge is -2.40. The Labute approximate surface area is 185 Å². The van der Waals surface area contributed by atoms with Gasteiger partial charge in [-0.15, -0.1) is 0 Å². The second-order valence-corrected chi connectivity index (χ2v) is 8.68. The van der Waals surface area contributed by atoms with E-state index >= 15 is 0 Å². The van der Waals surface area contributed by atoms with Crippen LogP contribution >= 0.6 is 0 Å². The van der Waals surface area contributed by atoms with E-state index in [1.165, 1.54) is 11.1 Å². The van der Waals surface area contributed by atoms with Crippen LogP contribution in [0.1, 0.15) is 45.5 Å². The lowest BCUT2D eigenvalue weighted by molar-refractivity contribution is 0.0576. The van der Waals surface area contributed by atoms with Crippen LogP contribution in [0.2, 0.25) is 0 Å². The molecule has 2 heterocycles. The monoisotopic (exact) mass is 413 g/mol. The van der Waals surface area contributed by atoms with Crippen molar-refractivity contribution in [2.45, 2.75) is 51.7 Å². The van der Waals surface area contributed by atoms with Gasteiger partial charge in [0.2, 0.25) is 0 Å². The maximum absolute atomic E-state index is 13.5. The minimum Gasteiger partial charge on any atom is -0.335 e. The van der Waals surface area contributed by atoms with Gasteiger partial charge >= 0.3 is 0 Å². The lowest BCUT2D eigenvalue weighted by atomic mass is 9.91. The molecule has 3 aromatic rings. The van der Waals surface area contributed by atoms with Crippen molar-refractivity contribution < 1.29 is 4.79 Å². The Hall–Kier alpha value is -2.98. The fourth-order valence-corrected chi connectivity index (χ4v) is 4.61. The molecule has 0 radical (unpaired) electrons. The van der Waals surface area contributed by atoms with Crippen LogP contribution in [0, 0.1) is 13.8 Å². The molecule has 0 spiro atoms. The molecule has 1 saturated heterocycles. The SMILES string of the molecule is Cc1cc(C)cc(C(=O)N2CC[C@@H](NCc3ccncc3)C[C@H]2Cc2ccccc2)c1. The van der Waals surface area contributed by atoms with Crippen molar-refractivity contribution >= 4 is 5.91 Å². The number of carbonyl (C=O) groups excluding carboxylic acids is 1. The predicted octanol–water partition coefficient (Wildman–Crippen LogP) is 4.70. The fraction of sp³-hybridized carbons (Fsp3) is 0.333. The molecule has 4 nitrogen and oxygen atoms in total. The summed E-state index contributed by atoms with van der Waals surface area (Å²) in [6.45, 7) is 5.72. The molecule has 160 valence electrons. The molecular weight excluding hydrogens is 382 g/mol. The third-order valence-electron chi connectivity index (χ3n) is 6.10. The number of carbonyl (C=O) groups is 1. The quantitative estimate of drug-likeness (QED) is 0.637. The summed E-state index contributed by atoms with van der Waals surface area (Å²) in [4.78, 5) is 19.7. The zero-order valence-corrected chi connectivity index (χ0v) is 18.4. The Morgan fingerprint density at radius 3 is 2.42 bits per heavy atom. The number of nitrogens with one attached hydrogen (secondary N) is 1. The van der Waals surface area contributed by atoms with Gasteiger partial charge in [0, 0.05) is 43.1 Å². The predicted molar refractivity (Wildman–Crippen MR) is 125 cm³/mol. The van der Waals surface area contributed by atoms with Crippen LogP contribution in [-0.4, -0.2) is 34.4 Å². The molecule has 0 aliphatic carbocycles. The maximum Gasteiger partial charge on any atom is 0.254 e. The van der Waals surface area contributed by atoms with E-state index in [9.17, 15) is 4.79 Å². The molecule has 1 aliphatic heterocycles. The van der Waals surface area contributed by atoms with Crippen molar-refractivity contribution in [3.8, 4) is 0 Å². The number of piperidine rings is 1. The normalized spacial score (nSPS) is 18.7. The highest BCUT2D eigenvalue weighted by atomic mass is 16.2. The van der Waals surface area contributed by atoms with E-state index in [0.717, 1.165) is 49.0 Å². The Kier molecular flexibility index (Phi) is 6.78. The highest BCUT2D eigenvalue weighted by Crippen LogP contribution is 2.24. The third kappa shape index (κ3) is 5.59. The Morgan fingerprint density at radius 2 is 1.71 bits per heavy atom. The Bertz CT molecular complexity index is 983. The van der Waals surface area contributed by atoms with E-state index in [1.54, 1.807) is 0 Å². The number of likely N-dealkylation sites (tertiary alicyclic amines) is 1. The fourth-order valence-electron chi connectivity index (χ4n) is 4.61. The first-order valence-electron chi connectivity index (χ1n) is 11.1. The molecule has 1 N–H and O–H groups in total. The average Bonchev–Trinajstić information content (AvgIpc) is 2.78. The summed E-state index contributed by atoms with van der Waals surface area (Å²) >= 11 is 0. The number of amides is 1. The zero-order chi connectivity index (χ0) is 21.6. The van der Waals surface area contributed by atoms with E-state index in [2.05, 4.69) is 59.4 Å². The number of aryl methyl sites for hydroxylation is 2. The van der Waals surface area contributed by atoms with Gasteiger partial charge in [0.1, 0.15) is 0 Å². The molecule has 1 fully saturated rings. The number of nitrogens with zero attached hydrogens (tertiary/aromatic N) is 2. The molecule has 4 rings (SSSR count). The summed E-state index contributed by atoms with van der Waals surface area (Å²) in [7, 11) is 0. The molecule has 2 atom stereocenters. The molecule has 1 aromatic heterocycles. The molecule has 2 aromatic carbocycles. The third-order valence-corrected chi connectivity index (χ3v) is 6.10. The van der Waals surface area contributed by atoms with E-state index < -0.39 is 0 Å². The van der Waals surface area contributed by atoms with Gasteiger partial charge in [0.25, 0.3) is 5.91 Å². The number of hydrogen-bond acceptors (Lipinski definition) is 3. The maximum atomic E-state index is 13.5. The van der Waals surface area contributed by atoms with Gasteiger partial charge < -0.3 is 10.2 Å². The van der Waals surface area contributed by atoms with E-state index in [-0.39, 0.29) is 11.9 Å². The second-order valence-electron chi connectivity index (χ2n) is 8.68. The van der Waals surface area contributed by atoms with Crippen molar-refractivity contribution in [2.75, 3.05) is 6.54 Å². The minimum atomic E-state index is 0.153. The summed E-state index contributed by atoms with van der Waals surface area (Å²) in [6.07, 6.45) is 6.47. The van der Waals surface area contributed by atoms with Crippen molar-refractivity contribution in [1.82, 2.24) is 15.2 Å². The number of aromatic nitrogens is 1. The van der Waals surface area contributed by atoms with Crippen molar-refractivity contribution in [3.05, 3.63) is 101 Å². The lowest BCUT2D eigenvalue weighted by Crippen LogP contribution is -2.51. The van der Waals surface area contributed by atoms with Crippen LogP contribution < -0.4 is 5.32 Å². The van der Waals surface area contributed by atoms with E-state index in [4.69, 9.17) is 0 Å². The zero-order valence-electron chi connectivity index (χ0n) is 18.4. The van der Waals surface area contributed by atoms with Gasteiger partial charge in [0.05, 0.1) is 0 Å². The first kappa shape index (κ1) is 21.3. The molecule has 1 aliphatic rings. The van der Waals surface area contributed by atoms with E-state index in [1.807, 2.05) is 42.7 Å². The van der Waals surface area contributed by atoms with Crippen molar-refractivity contribution in [1.29, 1.82) is 0 Å². The van der Waals surface area contributed by atoms with Crippen LogP contribution in [0.25, 0.3) is 0 Å². The molecule has 31 heavy (non-hydrogen) atoms. The standard InChI is InChI=1S/C27H31N3O/c1-20-14-21(2)16-24(15-20)27(31)30-13-10-25(29-19-23-8-11-28-12-9-23)18-26(30)17-22-6-4-3-5-7-22/h3-9,11-12,14-16,25-26,29H,10,13,17-19H2,1-2H3/t25-,26-/m1/s1. The number of hydrogen-bond donors (Lipinski definition) is 1. The van der Waals surface area contributed by atoms with Gasteiger partial charge in [0.15, 0.2) is 0 Å². The van der Waals surface area contributed by atoms with Crippen LogP contribution in [-0.2, 0) is 13.0 Å². The number of benzene rings is 2. The van der Waals surface area contributed by atoms with Gasteiger partial charge in [-0.25, -0.2) is 0 Å². The van der Waals surface area contributed by atoms with Gasteiger partial charge in [-0.3, -0.25) is 9.78 Å². The molecular formula is C27H31N3O. The molecule has 1 amide bonds. The Morgan fingerprint density at radius 1 is 1.00 bits per heavy atom. The van der Waals surface area contributed by atoms with Gasteiger partial charge in [-0.05, 0) is 68.5 Å².